The Labute approximate surface area is 125 Å². The van der Waals surface area contributed by atoms with E-state index in [2.05, 4.69) is 28.0 Å². The van der Waals surface area contributed by atoms with E-state index in [1.54, 1.807) is 12.3 Å². The SMILES string of the molecule is CCCn1ncc(Br)c1C1(O)CCc2cc(F)ccc21. The van der Waals surface area contributed by atoms with Crippen LogP contribution in [-0.2, 0) is 18.6 Å². The highest BCUT2D eigenvalue weighted by Gasteiger charge is 2.42. The number of nitrogens with zero attached hydrogens (tertiary/aromatic N) is 2. The van der Waals surface area contributed by atoms with E-state index in [4.69, 9.17) is 0 Å². The molecule has 3 rings (SSSR count). The lowest BCUT2D eigenvalue weighted by molar-refractivity contribution is 0.0718. The highest BCUT2D eigenvalue weighted by atomic mass is 79.9. The molecule has 1 aliphatic carbocycles. The molecule has 0 fully saturated rings. The number of aliphatic hydroxyl groups is 1. The predicted octanol–water partition coefficient (Wildman–Crippen LogP) is 3.38. The number of benzene rings is 1. The summed E-state index contributed by atoms with van der Waals surface area (Å²) in [5, 5.41) is 15.5. The van der Waals surface area contributed by atoms with Gasteiger partial charge in [0.15, 0.2) is 0 Å². The third kappa shape index (κ3) is 2.00. The lowest BCUT2D eigenvalue weighted by Crippen LogP contribution is -2.28. The second-order valence-corrected chi connectivity index (χ2v) is 6.08. The molecule has 0 spiro atoms. The Balaban J connectivity index is 2.14. The van der Waals surface area contributed by atoms with Crippen LogP contribution in [0.25, 0.3) is 0 Å². The highest BCUT2D eigenvalue weighted by Crippen LogP contribution is 2.44. The molecule has 1 aliphatic rings. The van der Waals surface area contributed by atoms with Gasteiger partial charge in [0.05, 0.1) is 16.4 Å². The van der Waals surface area contributed by atoms with Crippen LogP contribution < -0.4 is 0 Å². The summed E-state index contributed by atoms with van der Waals surface area (Å²) in [7, 11) is 0. The monoisotopic (exact) mass is 338 g/mol. The van der Waals surface area contributed by atoms with Crippen molar-refractivity contribution in [1.29, 1.82) is 0 Å². The van der Waals surface area contributed by atoms with Crippen LogP contribution in [0.3, 0.4) is 0 Å². The molecule has 0 amide bonds. The molecular weight excluding hydrogens is 323 g/mol. The largest absolute Gasteiger partial charge is 0.379 e. The van der Waals surface area contributed by atoms with Gasteiger partial charge in [0.2, 0.25) is 0 Å². The van der Waals surface area contributed by atoms with Crippen LogP contribution in [0.4, 0.5) is 4.39 Å². The van der Waals surface area contributed by atoms with Gasteiger partial charge in [-0.3, -0.25) is 4.68 Å². The standard InChI is InChI=1S/C15H16BrFN2O/c1-2-7-19-14(13(16)9-18-19)15(20)6-5-10-8-11(17)3-4-12(10)15/h3-4,8-9,20H,2,5-7H2,1H3. The summed E-state index contributed by atoms with van der Waals surface area (Å²) in [6.07, 6.45) is 3.88. The maximum absolute atomic E-state index is 13.3. The average molecular weight is 339 g/mol. The lowest BCUT2D eigenvalue weighted by atomic mass is 9.92. The van der Waals surface area contributed by atoms with Gasteiger partial charge in [-0.2, -0.15) is 5.10 Å². The molecule has 1 N–H and O–H groups in total. The van der Waals surface area contributed by atoms with Gasteiger partial charge in [-0.1, -0.05) is 13.0 Å². The first kappa shape index (κ1) is 13.8. The van der Waals surface area contributed by atoms with E-state index in [1.807, 2.05) is 4.68 Å². The Morgan fingerprint density at radius 1 is 1.50 bits per heavy atom. The van der Waals surface area contributed by atoms with Crippen molar-refractivity contribution >= 4 is 15.9 Å². The minimum absolute atomic E-state index is 0.255. The number of aryl methyl sites for hydroxylation is 2. The number of rotatable bonds is 3. The Morgan fingerprint density at radius 2 is 2.30 bits per heavy atom. The lowest BCUT2D eigenvalue weighted by Gasteiger charge is -2.26. The van der Waals surface area contributed by atoms with Crippen molar-refractivity contribution < 1.29 is 9.50 Å². The van der Waals surface area contributed by atoms with Gasteiger partial charge in [-0.15, -0.1) is 0 Å². The van der Waals surface area contributed by atoms with E-state index in [9.17, 15) is 9.50 Å². The zero-order chi connectivity index (χ0) is 14.3. The van der Waals surface area contributed by atoms with Crippen LogP contribution in [0, 0.1) is 5.82 Å². The molecule has 1 aromatic heterocycles. The first-order valence-corrected chi connectivity index (χ1v) is 7.58. The summed E-state index contributed by atoms with van der Waals surface area (Å²) >= 11 is 3.48. The zero-order valence-electron chi connectivity index (χ0n) is 11.2. The number of fused-ring (bicyclic) bond motifs is 1. The topological polar surface area (TPSA) is 38.0 Å². The number of halogens is 2. The molecule has 20 heavy (non-hydrogen) atoms. The van der Waals surface area contributed by atoms with Crippen molar-refractivity contribution in [3.05, 3.63) is 51.5 Å². The summed E-state index contributed by atoms with van der Waals surface area (Å²) < 4.78 is 16.0. The van der Waals surface area contributed by atoms with Crippen LogP contribution >= 0.6 is 15.9 Å². The Morgan fingerprint density at radius 3 is 3.05 bits per heavy atom. The van der Waals surface area contributed by atoms with E-state index < -0.39 is 5.60 Å². The van der Waals surface area contributed by atoms with Gasteiger partial charge in [0, 0.05) is 6.54 Å². The molecule has 0 saturated heterocycles. The fraction of sp³-hybridized carbons (Fsp3) is 0.400. The summed E-state index contributed by atoms with van der Waals surface area (Å²) in [5.74, 6) is -0.255. The van der Waals surface area contributed by atoms with E-state index >= 15 is 0 Å². The minimum Gasteiger partial charge on any atom is -0.379 e. The van der Waals surface area contributed by atoms with Crippen LogP contribution in [0.2, 0.25) is 0 Å². The number of hydrogen-bond donors (Lipinski definition) is 1. The van der Waals surface area contributed by atoms with Crippen LogP contribution in [0.5, 0.6) is 0 Å². The fourth-order valence-corrected chi connectivity index (χ4v) is 3.65. The van der Waals surface area contributed by atoms with Gasteiger partial charge < -0.3 is 5.11 Å². The first-order valence-electron chi connectivity index (χ1n) is 6.79. The summed E-state index contributed by atoms with van der Waals surface area (Å²) in [4.78, 5) is 0. The van der Waals surface area contributed by atoms with Gasteiger partial charge in [-0.25, -0.2) is 4.39 Å². The van der Waals surface area contributed by atoms with Gasteiger partial charge in [0.25, 0.3) is 0 Å². The van der Waals surface area contributed by atoms with Gasteiger partial charge in [-0.05, 0) is 58.5 Å². The summed E-state index contributed by atoms with van der Waals surface area (Å²) in [6, 6.07) is 4.61. The van der Waals surface area contributed by atoms with Crippen LogP contribution in [0.1, 0.15) is 36.6 Å². The van der Waals surface area contributed by atoms with Crippen LogP contribution in [0.15, 0.2) is 28.9 Å². The Kier molecular flexibility index (Phi) is 3.42. The summed E-state index contributed by atoms with van der Waals surface area (Å²) in [5.41, 5.74) is 1.35. The first-order chi connectivity index (χ1) is 9.56. The van der Waals surface area contributed by atoms with E-state index in [-0.39, 0.29) is 5.82 Å². The Bertz CT molecular complexity index is 655. The second-order valence-electron chi connectivity index (χ2n) is 5.23. The minimum atomic E-state index is -1.09. The molecule has 0 saturated carbocycles. The molecular formula is C15H16BrFN2O. The van der Waals surface area contributed by atoms with Crippen LogP contribution in [-0.4, -0.2) is 14.9 Å². The third-order valence-corrected chi connectivity index (χ3v) is 4.47. The smallest absolute Gasteiger partial charge is 0.133 e. The highest BCUT2D eigenvalue weighted by molar-refractivity contribution is 9.10. The molecule has 1 heterocycles. The molecule has 0 bridgehead atoms. The molecule has 2 aromatic rings. The number of hydrogen-bond acceptors (Lipinski definition) is 2. The van der Waals surface area contributed by atoms with Crippen molar-refractivity contribution in [2.45, 2.75) is 38.3 Å². The Hall–Kier alpha value is -1.20. The van der Waals surface area contributed by atoms with E-state index in [0.29, 0.717) is 12.8 Å². The molecule has 1 aromatic carbocycles. The third-order valence-electron chi connectivity index (χ3n) is 3.89. The predicted molar refractivity (Wildman–Crippen MR) is 77.9 cm³/mol. The molecule has 0 radical (unpaired) electrons. The normalized spacial score (nSPS) is 21.2. The molecule has 1 unspecified atom stereocenters. The maximum atomic E-state index is 13.3. The van der Waals surface area contributed by atoms with Crippen molar-refractivity contribution in [3.63, 3.8) is 0 Å². The van der Waals surface area contributed by atoms with Crippen molar-refractivity contribution in [2.75, 3.05) is 0 Å². The molecule has 3 nitrogen and oxygen atoms in total. The van der Waals surface area contributed by atoms with Crippen molar-refractivity contribution in [3.8, 4) is 0 Å². The van der Waals surface area contributed by atoms with Crippen molar-refractivity contribution in [1.82, 2.24) is 9.78 Å². The van der Waals surface area contributed by atoms with E-state index in [1.165, 1.54) is 12.1 Å². The average Bonchev–Trinajstić information content (AvgIpc) is 2.93. The number of aromatic nitrogens is 2. The molecule has 106 valence electrons. The fourth-order valence-electron chi connectivity index (χ4n) is 3.02. The summed E-state index contributed by atoms with van der Waals surface area (Å²) in [6.45, 7) is 2.82. The molecule has 0 aliphatic heterocycles. The molecule has 5 heteroatoms. The second kappa shape index (κ2) is 4.97. The zero-order valence-corrected chi connectivity index (χ0v) is 12.8. The quantitative estimate of drug-likeness (QED) is 0.931. The van der Waals surface area contributed by atoms with Crippen molar-refractivity contribution in [2.24, 2.45) is 0 Å². The maximum Gasteiger partial charge on any atom is 0.133 e. The van der Waals surface area contributed by atoms with Gasteiger partial charge in [0.1, 0.15) is 11.4 Å². The molecule has 1 atom stereocenters. The van der Waals surface area contributed by atoms with E-state index in [0.717, 1.165) is 34.3 Å². The van der Waals surface area contributed by atoms with Gasteiger partial charge >= 0.3 is 0 Å².